The van der Waals surface area contributed by atoms with Gasteiger partial charge in [0.2, 0.25) is 0 Å². The van der Waals surface area contributed by atoms with Crippen molar-refractivity contribution in [3.8, 4) is 11.5 Å². The molecule has 4 atom stereocenters. The fraction of sp³-hybridized carbons (Fsp3) is 0.667. The Morgan fingerprint density at radius 1 is 1.15 bits per heavy atom. The second-order valence-corrected chi connectivity index (χ2v) is 7.82. The summed E-state index contributed by atoms with van der Waals surface area (Å²) in [6.45, 7) is 3.82. The molecule has 1 aromatic carbocycles. The quantitative estimate of drug-likeness (QED) is 0.816. The van der Waals surface area contributed by atoms with Gasteiger partial charge in [-0.25, -0.2) is 0 Å². The predicted octanol–water partition coefficient (Wildman–Crippen LogP) is 2.12. The first-order chi connectivity index (χ1) is 12.6. The molecule has 26 heavy (non-hydrogen) atoms. The molecule has 2 fully saturated rings. The number of hydrogen-bond acceptors (Lipinski definition) is 3. The van der Waals surface area contributed by atoms with Gasteiger partial charge in [-0.05, 0) is 37.0 Å². The third-order valence-corrected chi connectivity index (χ3v) is 6.14. The van der Waals surface area contributed by atoms with Crippen LogP contribution >= 0.6 is 0 Å². The number of ether oxygens (including phenoxy) is 2. The highest BCUT2D eigenvalue weighted by Gasteiger charge is 2.34. The minimum Gasteiger partial charge on any atom is -0.497 e. The molecule has 5 nitrogen and oxygen atoms in total. The fourth-order valence-corrected chi connectivity index (χ4v) is 4.61. The molecular formula is C21H33N2O3+. The summed E-state index contributed by atoms with van der Waals surface area (Å²) in [7, 11) is 3.39. The second-order valence-electron chi connectivity index (χ2n) is 7.82. The molecule has 0 aromatic heterocycles. The molecule has 2 N–H and O–H groups in total. The Morgan fingerprint density at radius 3 is 2.69 bits per heavy atom. The van der Waals surface area contributed by atoms with Crippen molar-refractivity contribution in [2.24, 2.45) is 5.92 Å². The van der Waals surface area contributed by atoms with Crippen LogP contribution in [0.4, 0.5) is 0 Å². The lowest BCUT2D eigenvalue weighted by Gasteiger charge is -2.30. The minimum absolute atomic E-state index is 0.188. The van der Waals surface area contributed by atoms with Crippen molar-refractivity contribution >= 4 is 5.91 Å². The predicted molar refractivity (Wildman–Crippen MR) is 102 cm³/mol. The van der Waals surface area contributed by atoms with Crippen LogP contribution in [0.2, 0.25) is 0 Å². The second kappa shape index (κ2) is 8.76. The summed E-state index contributed by atoms with van der Waals surface area (Å²) >= 11 is 0. The van der Waals surface area contributed by atoms with Gasteiger partial charge < -0.3 is 19.7 Å². The Hall–Kier alpha value is -1.75. The monoisotopic (exact) mass is 361 g/mol. The maximum Gasteiger partial charge on any atom is 0.275 e. The van der Waals surface area contributed by atoms with Crippen molar-refractivity contribution in [2.45, 2.75) is 57.5 Å². The average Bonchev–Trinajstić information content (AvgIpc) is 3.10. The van der Waals surface area contributed by atoms with Crippen LogP contribution in [0.5, 0.6) is 11.5 Å². The standard InChI is InChI=1S/C21H32N2O3/c1-15-7-4-5-8-18(15)22-21(24)14-23-12-6-9-19(23)17-13-16(25-2)10-11-20(17)26-3/h10-11,13,15,18-19H,4-9,12,14H2,1-3H3,(H,22,24)/p+1/t15-,18+,19-/m0/s1. The van der Waals surface area contributed by atoms with E-state index in [9.17, 15) is 4.79 Å². The van der Waals surface area contributed by atoms with Gasteiger partial charge in [0.15, 0.2) is 6.54 Å². The van der Waals surface area contributed by atoms with Crippen molar-refractivity contribution in [1.82, 2.24) is 5.32 Å². The smallest absolute Gasteiger partial charge is 0.275 e. The molecular weight excluding hydrogens is 328 g/mol. The lowest BCUT2D eigenvalue weighted by atomic mass is 9.86. The summed E-state index contributed by atoms with van der Waals surface area (Å²) in [6.07, 6.45) is 7.08. The molecule has 5 heteroatoms. The zero-order valence-electron chi connectivity index (χ0n) is 16.3. The van der Waals surface area contributed by atoms with Crippen molar-refractivity contribution in [1.29, 1.82) is 0 Å². The van der Waals surface area contributed by atoms with E-state index in [0.29, 0.717) is 18.5 Å². The third kappa shape index (κ3) is 4.32. The number of carbonyl (C=O) groups excluding carboxylic acids is 1. The highest BCUT2D eigenvalue weighted by molar-refractivity contribution is 5.77. The molecule has 0 radical (unpaired) electrons. The molecule has 1 aromatic rings. The number of hydrogen-bond donors (Lipinski definition) is 2. The van der Waals surface area contributed by atoms with E-state index < -0.39 is 0 Å². The van der Waals surface area contributed by atoms with Crippen LogP contribution in [0.1, 0.15) is 57.1 Å². The Labute approximate surface area is 157 Å². The Morgan fingerprint density at radius 2 is 1.96 bits per heavy atom. The number of methoxy groups -OCH3 is 2. The van der Waals surface area contributed by atoms with Crippen molar-refractivity contribution in [2.75, 3.05) is 27.3 Å². The normalized spacial score (nSPS) is 28.6. The van der Waals surface area contributed by atoms with E-state index in [1.165, 1.54) is 24.2 Å². The number of amides is 1. The van der Waals surface area contributed by atoms with E-state index in [2.05, 4.69) is 18.3 Å². The molecule has 1 saturated carbocycles. The molecule has 1 heterocycles. The van der Waals surface area contributed by atoms with Gasteiger partial charge in [-0.1, -0.05) is 19.8 Å². The van der Waals surface area contributed by atoms with E-state index in [1.807, 2.05) is 12.1 Å². The molecule has 1 aliphatic carbocycles. The Bertz CT molecular complexity index is 619. The lowest BCUT2D eigenvalue weighted by Crippen LogP contribution is -3.11. The number of likely N-dealkylation sites (tertiary alicyclic amines) is 1. The van der Waals surface area contributed by atoms with E-state index in [-0.39, 0.29) is 11.9 Å². The van der Waals surface area contributed by atoms with E-state index >= 15 is 0 Å². The number of carbonyl (C=O) groups is 1. The average molecular weight is 362 g/mol. The molecule has 1 aliphatic heterocycles. The van der Waals surface area contributed by atoms with Crippen LogP contribution in [0.3, 0.4) is 0 Å². The first-order valence-corrected chi connectivity index (χ1v) is 9.98. The SMILES string of the molecule is COc1ccc(OC)c([C@@H]2CCC[NH+]2CC(=O)N[C@@H]2CCCC[C@@H]2C)c1. The molecule has 1 unspecified atom stereocenters. The van der Waals surface area contributed by atoms with Gasteiger partial charge in [0.05, 0.1) is 26.3 Å². The van der Waals surface area contributed by atoms with Gasteiger partial charge in [-0.3, -0.25) is 4.79 Å². The molecule has 2 aliphatic rings. The zero-order chi connectivity index (χ0) is 18.5. The Kier molecular flexibility index (Phi) is 6.41. The van der Waals surface area contributed by atoms with Gasteiger partial charge in [-0.15, -0.1) is 0 Å². The van der Waals surface area contributed by atoms with Crippen LogP contribution < -0.4 is 19.7 Å². The molecule has 0 spiro atoms. The highest BCUT2D eigenvalue weighted by atomic mass is 16.5. The van der Waals surface area contributed by atoms with Gasteiger partial charge >= 0.3 is 0 Å². The summed E-state index contributed by atoms with van der Waals surface area (Å²) in [4.78, 5) is 14.0. The maximum absolute atomic E-state index is 12.7. The number of benzene rings is 1. The third-order valence-electron chi connectivity index (χ3n) is 6.14. The highest BCUT2D eigenvalue weighted by Crippen LogP contribution is 2.31. The molecule has 1 saturated heterocycles. The Balaban J connectivity index is 1.67. The van der Waals surface area contributed by atoms with E-state index in [0.717, 1.165) is 42.9 Å². The van der Waals surface area contributed by atoms with Gasteiger partial charge in [0, 0.05) is 18.9 Å². The molecule has 3 rings (SSSR count). The van der Waals surface area contributed by atoms with Gasteiger partial charge in [0.25, 0.3) is 5.91 Å². The van der Waals surface area contributed by atoms with Crippen LogP contribution in [0.25, 0.3) is 0 Å². The first-order valence-electron chi connectivity index (χ1n) is 9.98. The summed E-state index contributed by atoms with van der Waals surface area (Å²) in [6, 6.07) is 6.59. The van der Waals surface area contributed by atoms with Crippen molar-refractivity contribution in [3.05, 3.63) is 23.8 Å². The van der Waals surface area contributed by atoms with E-state index in [1.54, 1.807) is 14.2 Å². The molecule has 0 bridgehead atoms. The number of quaternary nitrogens is 1. The number of nitrogens with one attached hydrogen (secondary N) is 2. The summed E-state index contributed by atoms with van der Waals surface area (Å²) in [5, 5.41) is 3.30. The van der Waals surface area contributed by atoms with Gasteiger partial charge in [-0.2, -0.15) is 0 Å². The minimum atomic E-state index is 0.188. The van der Waals surface area contributed by atoms with Crippen LogP contribution in [0.15, 0.2) is 18.2 Å². The molecule has 1 amide bonds. The van der Waals surface area contributed by atoms with Crippen LogP contribution in [-0.4, -0.2) is 39.3 Å². The van der Waals surface area contributed by atoms with E-state index in [4.69, 9.17) is 9.47 Å². The van der Waals surface area contributed by atoms with Crippen molar-refractivity contribution in [3.63, 3.8) is 0 Å². The topological polar surface area (TPSA) is 52.0 Å². The zero-order valence-corrected chi connectivity index (χ0v) is 16.3. The summed E-state index contributed by atoms with van der Waals surface area (Å²) < 4.78 is 11.0. The largest absolute Gasteiger partial charge is 0.497 e. The van der Waals surface area contributed by atoms with Crippen molar-refractivity contribution < 1.29 is 19.2 Å². The fourth-order valence-electron chi connectivity index (χ4n) is 4.61. The van der Waals surface area contributed by atoms with Crippen LogP contribution in [0, 0.1) is 5.92 Å². The first kappa shape index (κ1) is 19.0. The molecule has 144 valence electrons. The maximum atomic E-state index is 12.7. The summed E-state index contributed by atoms with van der Waals surface area (Å²) in [5.41, 5.74) is 1.15. The summed E-state index contributed by atoms with van der Waals surface area (Å²) in [5.74, 6) is 2.51. The van der Waals surface area contributed by atoms with Crippen LogP contribution in [-0.2, 0) is 4.79 Å². The van der Waals surface area contributed by atoms with Gasteiger partial charge in [0.1, 0.15) is 17.5 Å². The lowest BCUT2D eigenvalue weighted by molar-refractivity contribution is -0.910. The number of rotatable bonds is 6.